The largest absolute Gasteiger partial charge is 0.372 e. The van der Waals surface area contributed by atoms with Crippen molar-refractivity contribution in [2.24, 2.45) is 0 Å². The Kier molecular flexibility index (Phi) is 3.99. The average Bonchev–Trinajstić information content (AvgIpc) is 3.19. The summed E-state index contributed by atoms with van der Waals surface area (Å²) in [7, 11) is 0. The number of H-pyrrole nitrogens is 1. The summed E-state index contributed by atoms with van der Waals surface area (Å²) in [6.07, 6.45) is 2.14. The highest BCUT2D eigenvalue weighted by Gasteiger charge is 2.29. The fourth-order valence-corrected chi connectivity index (χ4v) is 3.55. The molecule has 0 radical (unpaired) electrons. The summed E-state index contributed by atoms with van der Waals surface area (Å²) in [6.45, 7) is 6.64. The van der Waals surface area contributed by atoms with Gasteiger partial charge in [0.05, 0.1) is 35.2 Å². The van der Waals surface area contributed by atoms with E-state index in [1.807, 2.05) is 25.7 Å². The zero-order chi connectivity index (χ0) is 18.4. The number of imidazole rings is 1. The van der Waals surface area contributed by atoms with E-state index in [9.17, 15) is 4.79 Å². The van der Waals surface area contributed by atoms with Crippen LogP contribution in [0.25, 0.3) is 22.4 Å². The third-order valence-electron chi connectivity index (χ3n) is 4.53. The molecule has 0 unspecified atom stereocenters. The lowest BCUT2D eigenvalue weighted by Gasteiger charge is -2.37. The summed E-state index contributed by atoms with van der Waals surface area (Å²) in [5.74, 6) is 0.126. The van der Waals surface area contributed by atoms with Crippen LogP contribution in [0.5, 0.6) is 0 Å². The number of nitrogens with zero attached hydrogens (tertiary/aromatic N) is 3. The molecule has 2 atom stereocenters. The SMILES string of the molecule is Cc1ncc(-c2noc3c(F)c(N4C[C@@H](C)O[C@@H](C)C4)c(C=O)cc23)[nH]1. The second-order valence-electron chi connectivity index (χ2n) is 6.70. The summed E-state index contributed by atoms with van der Waals surface area (Å²) in [5, 5.41) is 4.42. The molecule has 3 aromatic rings. The van der Waals surface area contributed by atoms with Crippen molar-refractivity contribution >= 4 is 22.9 Å². The molecule has 136 valence electrons. The van der Waals surface area contributed by atoms with Crippen LogP contribution in [-0.4, -0.2) is 46.7 Å². The Labute approximate surface area is 149 Å². The van der Waals surface area contributed by atoms with Crippen molar-refractivity contribution in [3.05, 3.63) is 29.5 Å². The molecule has 1 fully saturated rings. The summed E-state index contributed by atoms with van der Waals surface area (Å²) in [4.78, 5) is 20.7. The van der Waals surface area contributed by atoms with Gasteiger partial charge in [-0.1, -0.05) is 5.16 Å². The molecule has 0 spiro atoms. The summed E-state index contributed by atoms with van der Waals surface area (Å²) >= 11 is 0. The van der Waals surface area contributed by atoms with E-state index >= 15 is 4.39 Å². The van der Waals surface area contributed by atoms with Crippen molar-refractivity contribution in [2.75, 3.05) is 18.0 Å². The number of rotatable bonds is 3. The van der Waals surface area contributed by atoms with Crippen LogP contribution < -0.4 is 4.90 Å². The molecule has 0 aliphatic carbocycles. The van der Waals surface area contributed by atoms with E-state index in [1.54, 1.807) is 12.3 Å². The normalized spacial score (nSPS) is 20.7. The second-order valence-corrected chi connectivity index (χ2v) is 6.70. The van der Waals surface area contributed by atoms with Gasteiger partial charge >= 0.3 is 0 Å². The molecule has 0 saturated carbocycles. The van der Waals surface area contributed by atoms with Crippen LogP contribution in [0.15, 0.2) is 16.8 Å². The van der Waals surface area contributed by atoms with Gasteiger partial charge in [0, 0.05) is 18.7 Å². The van der Waals surface area contributed by atoms with Crippen LogP contribution in [-0.2, 0) is 4.74 Å². The number of carbonyl (C=O) groups excluding carboxylic acids is 1. The van der Waals surface area contributed by atoms with E-state index in [0.717, 1.165) is 0 Å². The Morgan fingerprint density at radius 1 is 1.35 bits per heavy atom. The van der Waals surface area contributed by atoms with E-state index in [0.29, 0.717) is 42.0 Å². The molecule has 0 amide bonds. The smallest absolute Gasteiger partial charge is 0.205 e. The number of anilines is 1. The van der Waals surface area contributed by atoms with Gasteiger partial charge in [-0.05, 0) is 26.8 Å². The maximum absolute atomic E-state index is 15.3. The van der Waals surface area contributed by atoms with Crippen LogP contribution in [0.4, 0.5) is 10.1 Å². The Bertz CT molecular complexity index is 970. The second kappa shape index (κ2) is 6.21. The first-order valence-electron chi connectivity index (χ1n) is 8.47. The van der Waals surface area contributed by atoms with Gasteiger partial charge in [-0.2, -0.15) is 0 Å². The molecule has 1 aromatic carbocycles. The van der Waals surface area contributed by atoms with Gasteiger partial charge in [0.15, 0.2) is 12.1 Å². The first kappa shape index (κ1) is 16.7. The zero-order valence-electron chi connectivity index (χ0n) is 14.7. The van der Waals surface area contributed by atoms with Gasteiger partial charge < -0.3 is 19.1 Å². The summed E-state index contributed by atoms with van der Waals surface area (Å²) in [6, 6.07) is 1.62. The predicted molar refractivity (Wildman–Crippen MR) is 93.9 cm³/mol. The molecule has 1 aliphatic heterocycles. The number of nitrogens with one attached hydrogen (secondary N) is 1. The minimum Gasteiger partial charge on any atom is -0.372 e. The van der Waals surface area contributed by atoms with Gasteiger partial charge in [0.25, 0.3) is 0 Å². The minimum absolute atomic E-state index is 0.0275. The molecule has 2 aromatic heterocycles. The standard InChI is InChI=1S/C18H19FN4O3/c1-9-6-23(7-10(2)25-9)17-12(8-24)4-13-16(14-5-20-11(3)21-14)22-26-18(13)15(17)19/h4-5,8-10H,6-7H2,1-3H3,(H,20,21)/t9-,10+. The molecule has 0 bridgehead atoms. The summed E-state index contributed by atoms with van der Waals surface area (Å²) in [5.41, 5.74) is 1.56. The number of aldehydes is 1. The van der Waals surface area contributed by atoms with E-state index in [2.05, 4.69) is 15.1 Å². The monoisotopic (exact) mass is 358 g/mol. The van der Waals surface area contributed by atoms with E-state index in [4.69, 9.17) is 9.26 Å². The van der Waals surface area contributed by atoms with Crippen LogP contribution >= 0.6 is 0 Å². The van der Waals surface area contributed by atoms with Crippen LogP contribution in [0.3, 0.4) is 0 Å². The molecular formula is C18H19FN4O3. The van der Waals surface area contributed by atoms with Crippen LogP contribution in [0, 0.1) is 12.7 Å². The number of aryl methyl sites for hydroxylation is 1. The topological polar surface area (TPSA) is 84.2 Å². The van der Waals surface area contributed by atoms with Crippen LogP contribution in [0.2, 0.25) is 0 Å². The number of aromatic nitrogens is 3. The molecule has 1 aliphatic rings. The number of fused-ring (bicyclic) bond motifs is 1. The Morgan fingerprint density at radius 3 is 2.69 bits per heavy atom. The number of hydrogen-bond acceptors (Lipinski definition) is 6. The Hall–Kier alpha value is -2.74. The maximum Gasteiger partial charge on any atom is 0.205 e. The van der Waals surface area contributed by atoms with Gasteiger partial charge in [0.2, 0.25) is 5.58 Å². The third-order valence-corrected chi connectivity index (χ3v) is 4.53. The first-order valence-corrected chi connectivity index (χ1v) is 8.47. The van der Waals surface area contributed by atoms with E-state index < -0.39 is 5.82 Å². The molecular weight excluding hydrogens is 339 g/mol. The lowest BCUT2D eigenvalue weighted by Crippen LogP contribution is -2.46. The van der Waals surface area contributed by atoms with Crippen molar-refractivity contribution in [1.82, 2.24) is 15.1 Å². The number of carbonyl (C=O) groups is 1. The van der Waals surface area contributed by atoms with E-state index in [-0.39, 0.29) is 29.0 Å². The number of benzene rings is 1. The van der Waals surface area contributed by atoms with Crippen LogP contribution in [0.1, 0.15) is 30.0 Å². The molecule has 1 saturated heterocycles. The molecule has 3 heterocycles. The summed E-state index contributed by atoms with van der Waals surface area (Å²) < 4.78 is 26.3. The number of morpholine rings is 1. The fourth-order valence-electron chi connectivity index (χ4n) is 3.55. The Morgan fingerprint density at radius 2 is 2.08 bits per heavy atom. The molecule has 8 heteroatoms. The predicted octanol–water partition coefficient (Wildman–Crippen LogP) is 3.09. The minimum atomic E-state index is -0.583. The highest BCUT2D eigenvalue weighted by atomic mass is 19.1. The lowest BCUT2D eigenvalue weighted by molar-refractivity contribution is -0.00543. The van der Waals surface area contributed by atoms with E-state index in [1.165, 1.54) is 0 Å². The number of aromatic amines is 1. The highest BCUT2D eigenvalue weighted by Crippen LogP contribution is 2.36. The molecule has 7 nitrogen and oxygen atoms in total. The Balaban J connectivity index is 1.87. The maximum atomic E-state index is 15.3. The van der Waals surface area contributed by atoms with Crippen molar-refractivity contribution < 1.29 is 18.4 Å². The zero-order valence-corrected chi connectivity index (χ0v) is 14.7. The third kappa shape index (κ3) is 2.66. The van der Waals surface area contributed by atoms with Crippen molar-refractivity contribution in [3.8, 4) is 11.4 Å². The first-order chi connectivity index (χ1) is 12.5. The number of ether oxygens (including phenoxy) is 1. The molecule has 1 N–H and O–H groups in total. The fraction of sp³-hybridized carbons (Fsp3) is 0.389. The van der Waals surface area contributed by atoms with Crippen molar-refractivity contribution in [2.45, 2.75) is 33.0 Å². The van der Waals surface area contributed by atoms with Crippen molar-refractivity contribution in [1.29, 1.82) is 0 Å². The molecule has 4 rings (SSSR count). The lowest BCUT2D eigenvalue weighted by atomic mass is 10.0. The quantitative estimate of drug-likeness (QED) is 0.724. The average molecular weight is 358 g/mol. The van der Waals surface area contributed by atoms with Gasteiger partial charge in [-0.15, -0.1) is 0 Å². The molecule has 26 heavy (non-hydrogen) atoms. The number of halogens is 1. The van der Waals surface area contributed by atoms with Gasteiger partial charge in [-0.3, -0.25) is 4.79 Å². The van der Waals surface area contributed by atoms with Gasteiger partial charge in [-0.25, -0.2) is 9.37 Å². The highest BCUT2D eigenvalue weighted by molar-refractivity contribution is 5.99. The van der Waals surface area contributed by atoms with Crippen molar-refractivity contribution in [3.63, 3.8) is 0 Å². The number of hydrogen-bond donors (Lipinski definition) is 1. The van der Waals surface area contributed by atoms with Gasteiger partial charge in [0.1, 0.15) is 11.5 Å².